The predicted molar refractivity (Wildman–Crippen MR) is 67.4 cm³/mol. The van der Waals surface area contributed by atoms with Gasteiger partial charge in [-0.05, 0) is 31.5 Å². The molecule has 1 aliphatic rings. The molecule has 1 heterocycles. The molecule has 19 heavy (non-hydrogen) atoms. The van der Waals surface area contributed by atoms with Gasteiger partial charge in [0.1, 0.15) is 12.4 Å². The van der Waals surface area contributed by atoms with E-state index in [1.807, 2.05) is 0 Å². The zero-order valence-corrected chi connectivity index (χ0v) is 11.0. The fraction of sp³-hybridized carbons (Fsp3) is 0.429. The van der Waals surface area contributed by atoms with E-state index in [-0.39, 0.29) is 12.4 Å². The zero-order chi connectivity index (χ0) is 13.8. The van der Waals surface area contributed by atoms with E-state index >= 15 is 0 Å². The van der Waals surface area contributed by atoms with E-state index in [0.29, 0.717) is 24.5 Å². The van der Waals surface area contributed by atoms with Crippen molar-refractivity contribution in [3.8, 4) is 11.5 Å². The van der Waals surface area contributed by atoms with E-state index < -0.39 is 12.1 Å². The van der Waals surface area contributed by atoms with Gasteiger partial charge in [-0.15, -0.1) is 0 Å². The number of Topliss-reactive ketones (excluding diaryl/α,β-unsaturated/α-hetero) is 1. The number of hydrogen-bond acceptors (Lipinski definition) is 5. The maximum atomic E-state index is 11.5. The van der Waals surface area contributed by atoms with Crippen LogP contribution in [0.2, 0.25) is 0 Å². The van der Waals surface area contributed by atoms with Gasteiger partial charge in [0.15, 0.2) is 11.5 Å². The van der Waals surface area contributed by atoms with Crippen molar-refractivity contribution in [3.05, 3.63) is 23.8 Å². The van der Waals surface area contributed by atoms with Crippen molar-refractivity contribution < 1.29 is 23.8 Å². The van der Waals surface area contributed by atoms with Gasteiger partial charge >= 0.3 is 5.97 Å². The highest BCUT2D eigenvalue weighted by atomic mass is 16.6. The molecule has 102 valence electrons. The highest BCUT2D eigenvalue weighted by Crippen LogP contribution is 2.33. The molecule has 1 aliphatic heterocycles. The third-order valence-corrected chi connectivity index (χ3v) is 2.67. The van der Waals surface area contributed by atoms with Crippen LogP contribution in [0.4, 0.5) is 0 Å². The largest absolute Gasteiger partial charge is 0.485 e. The average molecular weight is 264 g/mol. The summed E-state index contributed by atoms with van der Waals surface area (Å²) < 4.78 is 15.9. The number of carbonyl (C=O) groups is 2. The van der Waals surface area contributed by atoms with Gasteiger partial charge in [-0.25, -0.2) is 4.79 Å². The summed E-state index contributed by atoms with van der Waals surface area (Å²) >= 11 is 0. The topological polar surface area (TPSA) is 61.8 Å². The lowest BCUT2D eigenvalue weighted by Gasteiger charge is -2.25. The average Bonchev–Trinajstić information content (AvgIpc) is 2.37. The maximum Gasteiger partial charge on any atom is 0.350 e. The first-order valence-electron chi connectivity index (χ1n) is 6.18. The van der Waals surface area contributed by atoms with Crippen LogP contribution in [-0.2, 0) is 20.7 Å². The first-order valence-corrected chi connectivity index (χ1v) is 6.18. The Morgan fingerprint density at radius 2 is 2.16 bits per heavy atom. The van der Waals surface area contributed by atoms with Crippen molar-refractivity contribution >= 4 is 11.8 Å². The van der Waals surface area contributed by atoms with E-state index in [1.165, 1.54) is 6.92 Å². The third-order valence-electron chi connectivity index (χ3n) is 2.67. The van der Waals surface area contributed by atoms with Gasteiger partial charge in [0.05, 0.1) is 6.61 Å². The molecule has 1 atom stereocenters. The minimum atomic E-state index is -0.730. The van der Waals surface area contributed by atoms with Gasteiger partial charge in [-0.2, -0.15) is 0 Å². The first kappa shape index (κ1) is 13.4. The molecular weight excluding hydrogens is 248 g/mol. The van der Waals surface area contributed by atoms with Crippen LogP contribution in [0, 0.1) is 0 Å². The second-order valence-corrected chi connectivity index (χ2v) is 4.33. The Morgan fingerprint density at radius 1 is 1.37 bits per heavy atom. The van der Waals surface area contributed by atoms with Crippen LogP contribution >= 0.6 is 0 Å². The molecule has 0 fully saturated rings. The highest BCUT2D eigenvalue weighted by Gasteiger charge is 2.28. The Labute approximate surface area is 111 Å². The summed E-state index contributed by atoms with van der Waals surface area (Å²) in [5.74, 6) is 0.706. The van der Waals surface area contributed by atoms with Crippen LogP contribution in [0.1, 0.15) is 19.4 Å². The second kappa shape index (κ2) is 5.73. The van der Waals surface area contributed by atoms with Gasteiger partial charge in [0.25, 0.3) is 0 Å². The van der Waals surface area contributed by atoms with E-state index in [4.69, 9.17) is 14.2 Å². The van der Waals surface area contributed by atoms with Crippen molar-refractivity contribution in [2.75, 3.05) is 13.2 Å². The van der Waals surface area contributed by atoms with E-state index in [0.717, 1.165) is 5.56 Å². The van der Waals surface area contributed by atoms with Crippen LogP contribution in [0.15, 0.2) is 18.2 Å². The van der Waals surface area contributed by atoms with Crippen LogP contribution < -0.4 is 9.47 Å². The number of carbonyl (C=O) groups excluding carboxylic acids is 2. The van der Waals surface area contributed by atoms with Crippen LogP contribution in [0.5, 0.6) is 11.5 Å². The molecule has 5 heteroatoms. The summed E-state index contributed by atoms with van der Waals surface area (Å²) in [7, 11) is 0. The maximum absolute atomic E-state index is 11.5. The Bertz CT molecular complexity index is 495. The number of rotatable bonds is 4. The fourth-order valence-electron chi connectivity index (χ4n) is 1.86. The molecule has 0 unspecified atom stereocenters. The summed E-state index contributed by atoms with van der Waals surface area (Å²) in [6, 6.07) is 5.26. The molecule has 2 rings (SSSR count). The molecule has 0 radical (unpaired) electrons. The smallest absolute Gasteiger partial charge is 0.350 e. The fourth-order valence-corrected chi connectivity index (χ4v) is 1.86. The second-order valence-electron chi connectivity index (χ2n) is 4.33. The summed E-state index contributed by atoms with van der Waals surface area (Å²) in [6.45, 7) is 3.70. The Morgan fingerprint density at radius 3 is 2.84 bits per heavy atom. The molecule has 0 amide bonds. The number of fused-ring (bicyclic) bond motifs is 1. The summed E-state index contributed by atoms with van der Waals surface area (Å²) in [5, 5.41) is 0. The number of benzene rings is 1. The molecule has 1 aromatic rings. The third kappa shape index (κ3) is 3.24. The number of ether oxygens (including phenoxy) is 3. The van der Waals surface area contributed by atoms with E-state index in [9.17, 15) is 9.59 Å². The quantitative estimate of drug-likeness (QED) is 0.772. The molecule has 0 bridgehead atoms. The Balaban J connectivity index is 2.10. The molecule has 0 aliphatic carbocycles. The highest BCUT2D eigenvalue weighted by molar-refractivity contribution is 5.78. The molecule has 1 aromatic carbocycles. The van der Waals surface area contributed by atoms with Gasteiger partial charge in [-0.3, -0.25) is 4.79 Å². The zero-order valence-electron chi connectivity index (χ0n) is 11.0. The van der Waals surface area contributed by atoms with Crippen molar-refractivity contribution in [2.24, 2.45) is 0 Å². The van der Waals surface area contributed by atoms with Gasteiger partial charge in [0.2, 0.25) is 6.10 Å². The summed E-state index contributed by atoms with van der Waals surface area (Å²) in [6.07, 6.45) is -0.371. The molecule has 0 saturated heterocycles. The minimum Gasteiger partial charge on any atom is -0.485 e. The Hall–Kier alpha value is -2.04. The van der Waals surface area contributed by atoms with Crippen molar-refractivity contribution in [3.63, 3.8) is 0 Å². The molecule has 0 saturated carbocycles. The summed E-state index contributed by atoms with van der Waals surface area (Å²) in [5.41, 5.74) is 0.865. The monoisotopic (exact) mass is 264 g/mol. The summed E-state index contributed by atoms with van der Waals surface area (Å²) in [4.78, 5) is 22.6. The lowest BCUT2D eigenvalue weighted by Crippen LogP contribution is -2.37. The van der Waals surface area contributed by atoms with Crippen LogP contribution in [-0.4, -0.2) is 31.1 Å². The first-order chi connectivity index (χ1) is 9.10. The normalized spacial score (nSPS) is 16.8. The van der Waals surface area contributed by atoms with Crippen molar-refractivity contribution in [1.82, 2.24) is 0 Å². The lowest BCUT2D eigenvalue weighted by atomic mass is 10.1. The predicted octanol–water partition coefficient (Wildman–Crippen LogP) is 1.52. The molecule has 0 spiro atoms. The molecule has 0 N–H and O–H groups in total. The number of esters is 1. The van der Waals surface area contributed by atoms with E-state index in [1.54, 1.807) is 25.1 Å². The molecular formula is C14H16O5. The van der Waals surface area contributed by atoms with Gasteiger partial charge < -0.3 is 14.2 Å². The van der Waals surface area contributed by atoms with Crippen molar-refractivity contribution in [1.29, 1.82) is 0 Å². The van der Waals surface area contributed by atoms with Gasteiger partial charge in [-0.1, -0.05) is 6.07 Å². The van der Waals surface area contributed by atoms with Gasteiger partial charge in [0, 0.05) is 6.42 Å². The van der Waals surface area contributed by atoms with Crippen LogP contribution in [0.25, 0.3) is 0 Å². The van der Waals surface area contributed by atoms with E-state index in [2.05, 4.69) is 0 Å². The number of hydrogen-bond donors (Lipinski definition) is 0. The van der Waals surface area contributed by atoms with Crippen molar-refractivity contribution in [2.45, 2.75) is 26.4 Å². The molecule has 5 nitrogen and oxygen atoms in total. The standard InChI is InChI=1S/C14H16O5/c1-3-17-14(16)13-8-18-12-7-10(6-9(2)15)4-5-11(12)19-13/h4-5,7,13H,3,6,8H2,1-2H3/t13-/m1/s1. The lowest BCUT2D eigenvalue weighted by molar-refractivity contribution is -0.153. The molecule has 0 aromatic heterocycles. The van der Waals surface area contributed by atoms with Crippen LogP contribution in [0.3, 0.4) is 0 Å². The minimum absolute atomic E-state index is 0.0843. The number of ketones is 1. The Kier molecular flexibility index (Phi) is 4.04. The SMILES string of the molecule is CCOC(=O)[C@H]1COc2cc(CC(C)=O)ccc2O1.